The Balaban J connectivity index is 2.05. The molecule has 108 valence electrons. The van der Waals surface area contributed by atoms with Crippen LogP contribution in [0.2, 0.25) is 5.02 Å². The Morgan fingerprint density at radius 2 is 2.10 bits per heavy atom. The summed E-state index contributed by atoms with van der Waals surface area (Å²) in [5.74, 6) is -1.07. The lowest BCUT2D eigenvalue weighted by Gasteiger charge is -2.34. The second kappa shape index (κ2) is 6.75. The van der Waals surface area contributed by atoms with E-state index in [0.29, 0.717) is 17.3 Å². The number of hydrogen-bond donors (Lipinski definition) is 1. The van der Waals surface area contributed by atoms with Crippen LogP contribution in [0.15, 0.2) is 24.3 Å². The Bertz CT molecular complexity index is 504. The number of carbonyl (C=O) groups is 2. The Labute approximate surface area is 124 Å². The van der Waals surface area contributed by atoms with Crippen molar-refractivity contribution in [3.63, 3.8) is 0 Å². The normalized spacial score (nSPS) is 18.7. The van der Waals surface area contributed by atoms with Gasteiger partial charge in [0.1, 0.15) is 0 Å². The van der Waals surface area contributed by atoms with Crippen LogP contribution in [-0.2, 0) is 9.59 Å². The molecule has 5 heteroatoms. The van der Waals surface area contributed by atoms with Gasteiger partial charge in [-0.15, -0.1) is 0 Å². The minimum absolute atomic E-state index is 0.174. The van der Waals surface area contributed by atoms with E-state index in [1.807, 2.05) is 6.92 Å². The third-order valence-corrected chi connectivity index (χ3v) is 4.01. The SMILES string of the molecule is CCC1CCCCN1C(=O)C(=O)Nc1ccccc1Cl. The zero-order valence-corrected chi connectivity index (χ0v) is 12.3. The molecule has 0 saturated carbocycles. The summed E-state index contributed by atoms with van der Waals surface area (Å²) >= 11 is 5.98. The number of hydrogen-bond acceptors (Lipinski definition) is 2. The van der Waals surface area contributed by atoms with E-state index in [0.717, 1.165) is 25.7 Å². The Morgan fingerprint density at radius 1 is 1.35 bits per heavy atom. The first-order valence-corrected chi connectivity index (χ1v) is 7.37. The maximum absolute atomic E-state index is 12.3. The van der Waals surface area contributed by atoms with Crippen molar-refractivity contribution >= 4 is 29.1 Å². The molecule has 1 heterocycles. The first-order chi connectivity index (χ1) is 9.63. The Hall–Kier alpha value is -1.55. The number of piperidine rings is 1. The van der Waals surface area contributed by atoms with Crippen molar-refractivity contribution in [1.29, 1.82) is 0 Å². The molecule has 1 unspecified atom stereocenters. The molecule has 1 saturated heterocycles. The van der Waals surface area contributed by atoms with Crippen molar-refractivity contribution in [3.8, 4) is 0 Å². The molecular formula is C15H19ClN2O2. The van der Waals surface area contributed by atoms with Crippen LogP contribution in [0.25, 0.3) is 0 Å². The molecule has 1 N–H and O–H groups in total. The van der Waals surface area contributed by atoms with Crippen molar-refractivity contribution in [2.45, 2.75) is 38.6 Å². The van der Waals surface area contributed by atoms with Crippen LogP contribution in [0.5, 0.6) is 0 Å². The first-order valence-electron chi connectivity index (χ1n) is 7.00. The Morgan fingerprint density at radius 3 is 2.80 bits per heavy atom. The third-order valence-electron chi connectivity index (χ3n) is 3.68. The molecule has 0 aromatic heterocycles. The van der Waals surface area contributed by atoms with Gasteiger partial charge in [-0.25, -0.2) is 0 Å². The minimum atomic E-state index is -0.613. The number of anilines is 1. The van der Waals surface area contributed by atoms with E-state index in [-0.39, 0.29) is 6.04 Å². The highest BCUT2D eigenvalue weighted by Gasteiger charge is 2.29. The van der Waals surface area contributed by atoms with E-state index < -0.39 is 11.8 Å². The molecule has 1 aliphatic heterocycles. The van der Waals surface area contributed by atoms with Crippen molar-refractivity contribution in [2.75, 3.05) is 11.9 Å². The lowest BCUT2D eigenvalue weighted by molar-refractivity contribution is -0.145. The van der Waals surface area contributed by atoms with Crippen LogP contribution in [0.4, 0.5) is 5.69 Å². The average Bonchev–Trinajstić information content (AvgIpc) is 2.48. The van der Waals surface area contributed by atoms with Crippen LogP contribution in [0.1, 0.15) is 32.6 Å². The molecule has 0 radical (unpaired) electrons. The number of amides is 2. The quantitative estimate of drug-likeness (QED) is 0.852. The largest absolute Gasteiger partial charge is 0.331 e. The molecule has 0 aliphatic carbocycles. The van der Waals surface area contributed by atoms with Gasteiger partial charge in [-0.05, 0) is 37.8 Å². The third kappa shape index (κ3) is 3.31. The highest BCUT2D eigenvalue weighted by Crippen LogP contribution is 2.22. The van der Waals surface area contributed by atoms with Gasteiger partial charge in [0.05, 0.1) is 10.7 Å². The lowest BCUT2D eigenvalue weighted by Crippen LogP contribution is -2.48. The summed E-state index contributed by atoms with van der Waals surface area (Å²) in [5, 5.41) is 3.02. The summed E-state index contributed by atoms with van der Waals surface area (Å²) in [5.41, 5.74) is 0.470. The molecule has 4 nitrogen and oxygen atoms in total. The van der Waals surface area contributed by atoms with Crippen molar-refractivity contribution in [2.24, 2.45) is 0 Å². The molecule has 2 rings (SSSR count). The molecule has 1 aromatic carbocycles. The predicted molar refractivity (Wildman–Crippen MR) is 79.7 cm³/mol. The van der Waals surface area contributed by atoms with Gasteiger partial charge in [0, 0.05) is 12.6 Å². The van der Waals surface area contributed by atoms with Crippen LogP contribution in [0.3, 0.4) is 0 Å². The van der Waals surface area contributed by atoms with Crippen LogP contribution >= 0.6 is 11.6 Å². The molecule has 1 fully saturated rings. The summed E-state index contributed by atoms with van der Waals surface area (Å²) in [6, 6.07) is 7.07. The fourth-order valence-corrected chi connectivity index (χ4v) is 2.74. The highest BCUT2D eigenvalue weighted by atomic mass is 35.5. The fourth-order valence-electron chi connectivity index (χ4n) is 2.56. The predicted octanol–water partition coefficient (Wildman–Crippen LogP) is 3.07. The number of carbonyl (C=O) groups excluding carboxylic acids is 2. The van der Waals surface area contributed by atoms with Gasteiger partial charge in [0.15, 0.2) is 0 Å². The van der Waals surface area contributed by atoms with Gasteiger partial charge in [-0.3, -0.25) is 9.59 Å². The molecule has 1 aliphatic rings. The molecule has 1 aromatic rings. The van der Waals surface area contributed by atoms with E-state index in [4.69, 9.17) is 11.6 Å². The van der Waals surface area contributed by atoms with E-state index >= 15 is 0 Å². The maximum atomic E-state index is 12.3. The average molecular weight is 295 g/mol. The van der Waals surface area contributed by atoms with E-state index in [2.05, 4.69) is 5.32 Å². The van der Waals surface area contributed by atoms with Gasteiger partial charge in [-0.1, -0.05) is 30.7 Å². The topological polar surface area (TPSA) is 49.4 Å². The Kier molecular flexibility index (Phi) is 5.01. The monoisotopic (exact) mass is 294 g/mol. The van der Waals surface area contributed by atoms with E-state index in [9.17, 15) is 9.59 Å². The standard InChI is InChI=1S/C15H19ClN2O2/c1-2-11-7-5-6-10-18(11)15(20)14(19)17-13-9-4-3-8-12(13)16/h3-4,8-9,11H,2,5-7,10H2,1H3,(H,17,19). The van der Waals surface area contributed by atoms with Gasteiger partial charge in [-0.2, -0.15) is 0 Å². The summed E-state index contributed by atoms with van der Waals surface area (Å²) in [6.07, 6.45) is 3.93. The summed E-state index contributed by atoms with van der Waals surface area (Å²) in [6.45, 7) is 2.70. The smallest absolute Gasteiger partial charge is 0.313 e. The molecule has 20 heavy (non-hydrogen) atoms. The molecule has 1 atom stereocenters. The zero-order chi connectivity index (χ0) is 14.5. The molecule has 2 amide bonds. The lowest BCUT2D eigenvalue weighted by atomic mass is 10.00. The molecular weight excluding hydrogens is 276 g/mol. The summed E-state index contributed by atoms with van der Waals surface area (Å²) in [7, 11) is 0. The number of likely N-dealkylation sites (tertiary alicyclic amines) is 1. The second-order valence-electron chi connectivity index (χ2n) is 4.99. The number of nitrogens with zero attached hydrogens (tertiary/aromatic N) is 1. The van der Waals surface area contributed by atoms with E-state index in [1.54, 1.807) is 29.2 Å². The fraction of sp³-hybridized carbons (Fsp3) is 0.467. The van der Waals surface area contributed by atoms with E-state index in [1.165, 1.54) is 0 Å². The van der Waals surface area contributed by atoms with Gasteiger partial charge < -0.3 is 10.2 Å². The molecule has 0 bridgehead atoms. The number of rotatable bonds is 2. The van der Waals surface area contributed by atoms with Crippen LogP contribution < -0.4 is 5.32 Å². The number of para-hydroxylation sites is 1. The summed E-state index contributed by atoms with van der Waals surface area (Å²) < 4.78 is 0. The number of halogens is 1. The van der Waals surface area contributed by atoms with Crippen molar-refractivity contribution in [1.82, 2.24) is 4.90 Å². The highest BCUT2D eigenvalue weighted by molar-refractivity contribution is 6.41. The van der Waals surface area contributed by atoms with Crippen LogP contribution in [0, 0.1) is 0 Å². The van der Waals surface area contributed by atoms with Gasteiger partial charge in [0.2, 0.25) is 0 Å². The van der Waals surface area contributed by atoms with Gasteiger partial charge in [0.25, 0.3) is 0 Å². The number of nitrogens with one attached hydrogen (secondary N) is 1. The van der Waals surface area contributed by atoms with Gasteiger partial charge >= 0.3 is 11.8 Å². The first kappa shape index (κ1) is 14.9. The van der Waals surface area contributed by atoms with Crippen molar-refractivity contribution in [3.05, 3.63) is 29.3 Å². The molecule has 0 spiro atoms. The number of benzene rings is 1. The van der Waals surface area contributed by atoms with Crippen molar-refractivity contribution < 1.29 is 9.59 Å². The maximum Gasteiger partial charge on any atom is 0.313 e. The summed E-state index contributed by atoms with van der Waals surface area (Å²) in [4.78, 5) is 26.0. The second-order valence-corrected chi connectivity index (χ2v) is 5.40. The van der Waals surface area contributed by atoms with Crippen LogP contribution in [-0.4, -0.2) is 29.3 Å². The minimum Gasteiger partial charge on any atom is -0.331 e. The zero-order valence-electron chi connectivity index (χ0n) is 11.6.